The second-order valence-electron chi connectivity index (χ2n) is 6.43. The number of hydrogen-bond donors (Lipinski definition) is 2. The highest BCUT2D eigenvalue weighted by Gasteiger charge is 2.64. The van der Waals surface area contributed by atoms with Crippen LogP contribution in [0.5, 0.6) is 0 Å². The Bertz CT molecular complexity index is 692. The Kier molecular flexibility index (Phi) is 5.88. The Hall–Kier alpha value is -1.99. The largest absolute Gasteiger partial charge is 0.479 e. The van der Waals surface area contributed by atoms with Crippen LogP contribution in [0.4, 0.5) is 0 Å². The molecule has 2 N–H and O–H groups in total. The smallest absolute Gasteiger partial charge is 0.337 e. The number of benzene rings is 1. The molecule has 2 fully saturated rings. The second-order valence-corrected chi connectivity index (χ2v) is 7.60. The molecular formula is C19H23NO5S. The molecule has 1 aromatic rings. The lowest BCUT2D eigenvalue weighted by Gasteiger charge is -2.40. The zero-order valence-corrected chi connectivity index (χ0v) is 15.3. The quantitative estimate of drug-likeness (QED) is 0.391. The number of aliphatic hydroxyl groups excluding tert-OH is 1. The molecule has 7 heteroatoms. The molecule has 0 spiro atoms. The summed E-state index contributed by atoms with van der Waals surface area (Å²) < 4.78 is 5.61. The summed E-state index contributed by atoms with van der Waals surface area (Å²) in [6, 6.07) is 10.1. The lowest BCUT2D eigenvalue weighted by Crippen LogP contribution is -2.62. The number of fused-ring (bicyclic) bond motifs is 1. The third-order valence-corrected chi connectivity index (χ3v) is 5.91. The lowest BCUT2D eigenvalue weighted by molar-refractivity contribution is -0.171. The van der Waals surface area contributed by atoms with E-state index in [1.54, 1.807) is 11.8 Å². The Morgan fingerprint density at radius 2 is 2.08 bits per heavy atom. The SMILES string of the molecule is O=C1C[C@H]2O/C(=C\CO)[C@](CCCCCSc3ccccc3)(C(=O)O)N12. The van der Waals surface area contributed by atoms with Crippen LogP contribution >= 0.6 is 11.8 Å². The van der Waals surface area contributed by atoms with Gasteiger partial charge in [0, 0.05) is 4.90 Å². The van der Waals surface area contributed by atoms with E-state index < -0.39 is 17.7 Å². The second kappa shape index (κ2) is 8.14. The van der Waals surface area contributed by atoms with E-state index in [1.165, 1.54) is 15.9 Å². The molecule has 2 aliphatic rings. The van der Waals surface area contributed by atoms with Crippen molar-refractivity contribution < 1.29 is 24.5 Å². The van der Waals surface area contributed by atoms with E-state index in [-0.39, 0.29) is 24.7 Å². The molecule has 0 saturated carbocycles. The third-order valence-electron chi connectivity index (χ3n) is 4.81. The van der Waals surface area contributed by atoms with Gasteiger partial charge in [-0.15, -0.1) is 11.8 Å². The van der Waals surface area contributed by atoms with Crippen molar-refractivity contribution in [2.24, 2.45) is 0 Å². The van der Waals surface area contributed by atoms with Crippen molar-refractivity contribution in [3.63, 3.8) is 0 Å². The molecule has 6 nitrogen and oxygen atoms in total. The molecule has 2 saturated heterocycles. The molecule has 1 amide bonds. The summed E-state index contributed by atoms with van der Waals surface area (Å²) in [6.45, 7) is -0.313. The molecular weight excluding hydrogens is 354 g/mol. The molecule has 0 radical (unpaired) electrons. The van der Waals surface area contributed by atoms with E-state index in [1.807, 2.05) is 18.2 Å². The van der Waals surface area contributed by atoms with Gasteiger partial charge in [-0.25, -0.2) is 4.79 Å². The van der Waals surface area contributed by atoms with Gasteiger partial charge in [-0.05, 0) is 43.2 Å². The van der Waals surface area contributed by atoms with E-state index in [0.29, 0.717) is 12.8 Å². The number of carbonyl (C=O) groups is 2. The molecule has 2 aliphatic heterocycles. The van der Waals surface area contributed by atoms with Gasteiger partial charge in [0.2, 0.25) is 11.4 Å². The Morgan fingerprint density at radius 3 is 2.73 bits per heavy atom. The fourth-order valence-corrected chi connectivity index (χ4v) is 4.46. The number of amides is 1. The number of carboxylic acid groups (broad SMARTS) is 1. The van der Waals surface area contributed by atoms with Crippen LogP contribution in [-0.4, -0.2) is 51.1 Å². The number of β-lactam (4-membered cyclic amide) rings is 1. The summed E-state index contributed by atoms with van der Waals surface area (Å²) >= 11 is 1.78. The number of hydrogen-bond acceptors (Lipinski definition) is 5. The van der Waals surface area contributed by atoms with Crippen molar-refractivity contribution in [2.75, 3.05) is 12.4 Å². The molecule has 1 aromatic carbocycles. The van der Waals surface area contributed by atoms with Crippen molar-refractivity contribution in [1.82, 2.24) is 4.90 Å². The lowest BCUT2D eigenvalue weighted by atomic mass is 9.86. The van der Waals surface area contributed by atoms with Crippen molar-refractivity contribution in [3.8, 4) is 0 Å². The summed E-state index contributed by atoms with van der Waals surface area (Å²) in [5.74, 6) is -0.141. The number of aliphatic carboxylic acids is 1. The number of rotatable bonds is 9. The minimum absolute atomic E-state index is 0.196. The summed E-state index contributed by atoms with van der Waals surface area (Å²) in [5.41, 5.74) is -1.46. The maximum atomic E-state index is 12.0. The van der Waals surface area contributed by atoms with Crippen molar-refractivity contribution >= 4 is 23.6 Å². The van der Waals surface area contributed by atoms with Crippen LogP contribution in [0.15, 0.2) is 47.1 Å². The van der Waals surface area contributed by atoms with E-state index in [9.17, 15) is 19.8 Å². The summed E-state index contributed by atoms with van der Waals surface area (Å²) in [4.78, 5) is 26.6. The van der Waals surface area contributed by atoms with Crippen LogP contribution in [0.2, 0.25) is 0 Å². The summed E-state index contributed by atoms with van der Waals surface area (Å²) in [6.07, 6.45) is 3.86. The first kappa shape index (κ1) is 18.8. The average molecular weight is 377 g/mol. The summed E-state index contributed by atoms with van der Waals surface area (Å²) in [7, 11) is 0. The highest BCUT2D eigenvalue weighted by molar-refractivity contribution is 7.99. The van der Waals surface area contributed by atoms with Crippen LogP contribution in [0.1, 0.15) is 32.1 Å². The standard InChI is InChI=1S/C19H23NO5S/c21-11-9-15-19(18(23)24,20-16(22)13-17(20)25-15)10-5-2-6-12-26-14-7-3-1-4-8-14/h1,3-4,7-9,17,21H,2,5-6,10-13H2,(H,23,24)/b15-9-/t17-,19-/m1/s1. The van der Waals surface area contributed by atoms with Gasteiger partial charge in [0.25, 0.3) is 0 Å². The Morgan fingerprint density at radius 1 is 1.31 bits per heavy atom. The molecule has 2 heterocycles. The van der Waals surface area contributed by atoms with E-state index in [0.717, 1.165) is 18.6 Å². The van der Waals surface area contributed by atoms with Gasteiger partial charge in [-0.1, -0.05) is 24.6 Å². The van der Waals surface area contributed by atoms with Gasteiger partial charge in [0.1, 0.15) is 5.76 Å². The number of ether oxygens (including phenoxy) is 1. The monoisotopic (exact) mass is 377 g/mol. The first-order chi connectivity index (χ1) is 12.6. The number of aliphatic hydroxyl groups is 1. The van der Waals surface area contributed by atoms with Gasteiger partial charge in [-0.3, -0.25) is 9.69 Å². The molecule has 0 aromatic heterocycles. The highest BCUT2D eigenvalue weighted by Crippen LogP contribution is 2.46. The van der Waals surface area contributed by atoms with Crippen LogP contribution in [0, 0.1) is 0 Å². The van der Waals surface area contributed by atoms with E-state index >= 15 is 0 Å². The number of carbonyl (C=O) groups excluding carboxylic acids is 1. The van der Waals surface area contributed by atoms with E-state index in [4.69, 9.17) is 4.74 Å². The maximum absolute atomic E-state index is 12.0. The van der Waals surface area contributed by atoms with Gasteiger partial charge in [0.15, 0.2) is 6.23 Å². The number of unbranched alkanes of at least 4 members (excludes halogenated alkanes) is 2. The number of thioether (sulfide) groups is 1. The first-order valence-corrected chi connectivity index (χ1v) is 9.79. The normalized spacial score (nSPS) is 25.7. The molecule has 2 atom stereocenters. The van der Waals surface area contributed by atoms with Gasteiger partial charge >= 0.3 is 5.97 Å². The zero-order valence-electron chi connectivity index (χ0n) is 14.5. The molecule has 0 bridgehead atoms. The fraction of sp³-hybridized carbons (Fsp3) is 0.474. The molecule has 0 aliphatic carbocycles. The Labute approximate surface area is 156 Å². The van der Waals surface area contributed by atoms with Crippen LogP contribution in [0.25, 0.3) is 0 Å². The molecule has 140 valence electrons. The minimum Gasteiger partial charge on any atom is -0.479 e. The predicted octanol–water partition coefficient (Wildman–Crippen LogP) is 2.63. The highest BCUT2D eigenvalue weighted by atomic mass is 32.2. The summed E-state index contributed by atoms with van der Waals surface area (Å²) in [5, 5.41) is 19.0. The van der Waals surface area contributed by atoms with Gasteiger partial charge in [0.05, 0.1) is 13.0 Å². The first-order valence-electron chi connectivity index (χ1n) is 8.81. The molecule has 3 rings (SSSR count). The molecule has 0 unspecified atom stereocenters. The van der Waals surface area contributed by atoms with Gasteiger partial charge in [-0.2, -0.15) is 0 Å². The van der Waals surface area contributed by atoms with Crippen molar-refractivity contribution in [2.45, 2.75) is 48.8 Å². The van der Waals surface area contributed by atoms with Crippen molar-refractivity contribution in [1.29, 1.82) is 0 Å². The van der Waals surface area contributed by atoms with Crippen molar-refractivity contribution in [3.05, 3.63) is 42.2 Å². The van der Waals surface area contributed by atoms with Crippen LogP contribution in [-0.2, 0) is 14.3 Å². The number of carboxylic acids is 1. The minimum atomic E-state index is -1.46. The van der Waals surface area contributed by atoms with E-state index in [2.05, 4.69) is 12.1 Å². The maximum Gasteiger partial charge on any atom is 0.337 e. The Balaban J connectivity index is 1.55. The number of nitrogens with zero attached hydrogens (tertiary/aromatic N) is 1. The molecule has 26 heavy (non-hydrogen) atoms. The predicted molar refractivity (Wildman–Crippen MR) is 97.5 cm³/mol. The topological polar surface area (TPSA) is 87.1 Å². The third kappa shape index (κ3) is 3.46. The van der Waals surface area contributed by atoms with Gasteiger partial charge < -0.3 is 14.9 Å². The van der Waals surface area contributed by atoms with Crippen LogP contribution < -0.4 is 0 Å². The fourth-order valence-electron chi connectivity index (χ4n) is 3.53. The average Bonchev–Trinajstić information content (AvgIpc) is 2.88. The van der Waals surface area contributed by atoms with Crippen LogP contribution in [0.3, 0.4) is 0 Å². The zero-order chi connectivity index (χ0) is 18.6.